The second kappa shape index (κ2) is 4.02. The zero-order valence-corrected chi connectivity index (χ0v) is 9.68. The molecule has 3 heterocycles. The molecule has 0 amide bonds. The Morgan fingerprint density at radius 1 is 1.29 bits per heavy atom. The van der Waals surface area contributed by atoms with E-state index < -0.39 is 0 Å². The number of hydrogen-bond donors (Lipinski definition) is 0. The number of aromatic nitrogens is 5. The van der Waals surface area contributed by atoms with Crippen LogP contribution in [0.4, 0.5) is 0 Å². The number of rotatable bonds is 2. The predicted molar refractivity (Wildman–Crippen MR) is 61.2 cm³/mol. The van der Waals surface area contributed by atoms with Gasteiger partial charge in [0.25, 0.3) is 5.89 Å². The Morgan fingerprint density at radius 3 is 2.94 bits per heavy atom. The van der Waals surface area contributed by atoms with Gasteiger partial charge in [0.2, 0.25) is 5.82 Å². The Kier molecular flexibility index (Phi) is 2.37. The monoisotopic (exact) mass is 245 g/mol. The minimum Gasteiger partial charge on any atom is -0.333 e. The molecule has 0 bridgehead atoms. The standard InChI is InChI=1S/C10H7N5OS/c1-6-8(17-15-13-6)10-12-9(14-16-10)7-4-2-3-5-11-7/h2-5H,1H3. The van der Waals surface area contributed by atoms with Gasteiger partial charge >= 0.3 is 0 Å². The first kappa shape index (κ1) is 10.0. The fourth-order valence-electron chi connectivity index (χ4n) is 1.34. The Bertz CT molecular complexity index is 633. The summed E-state index contributed by atoms with van der Waals surface area (Å²) in [6.07, 6.45) is 1.69. The molecule has 0 radical (unpaired) electrons. The van der Waals surface area contributed by atoms with Gasteiger partial charge in [-0.2, -0.15) is 4.98 Å². The molecule has 0 saturated heterocycles. The number of aryl methyl sites for hydroxylation is 1. The van der Waals surface area contributed by atoms with Crippen molar-refractivity contribution in [2.24, 2.45) is 0 Å². The maximum Gasteiger partial charge on any atom is 0.271 e. The summed E-state index contributed by atoms with van der Waals surface area (Å²) in [5.41, 5.74) is 1.46. The molecule has 3 aromatic rings. The van der Waals surface area contributed by atoms with Crippen molar-refractivity contribution in [1.29, 1.82) is 0 Å². The Morgan fingerprint density at radius 2 is 2.24 bits per heavy atom. The van der Waals surface area contributed by atoms with Crippen molar-refractivity contribution in [1.82, 2.24) is 24.7 Å². The van der Waals surface area contributed by atoms with Gasteiger partial charge in [0.05, 0.1) is 5.69 Å². The van der Waals surface area contributed by atoms with Gasteiger partial charge in [-0.1, -0.05) is 15.7 Å². The molecule has 7 heteroatoms. The number of hydrogen-bond acceptors (Lipinski definition) is 7. The molecule has 0 atom stereocenters. The van der Waals surface area contributed by atoms with Crippen molar-refractivity contribution in [3.05, 3.63) is 30.1 Å². The smallest absolute Gasteiger partial charge is 0.271 e. The lowest BCUT2D eigenvalue weighted by Crippen LogP contribution is -1.84. The van der Waals surface area contributed by atoms with Crippen LogP contribution in [0.2, 0.25) is 0 Å². The molecule has 0 fully saturated rings. The van der Waals surface area contributed by atoms with Crippen molar-refractivity contribution in [2.75, 3.05) is 0 Å². The SMILES string of the molecule is Cc1nnsc1-c1nc(-c2ccccn2)no1. The maximum atomic E-state index is 5.17. The van der Waals surface area contributed by atoms with E-state index in [0.717, 1.165) is 10.6 Å². The van der Waals surface area contributed by atoms with Gasteiger partial charge in [-0.15, -0.1) is 5.10 Å². The van der Waals surface area contributed by atoms with E-state index in [-0.39, 0.29) is 0 Å². The van der Waals surface area contributed by atoms with Crippen LogP contribution >= 0.6 is 11.5 Å². The highest BCUT2D eigenvalue weighted by Gasteiger charge is 2.15. The lowest BCUT2D eigenvalue weighted by molar-refractivity contribution is 0.432. The third-order valence-electron chi connectivity index (χ3n) is 2.17. The molecule has 3 aromatic heterocycles. The first-order chi connectivity index (χ1) is 8.34. The van der Waals surface area contributed by atoms with Gasteiger partial charge in [0.15, 0.2) is 0 Å². The third-order valence-corrected chi connectivity index (χ3v) is 2.98. The second-order valence-electron chi connectivity index (χ2n) is 3.33. The summed E-state index contributed by atoms with van der Waals surface area (Å²) in [4.78, 5) is 9.22. The Labute approximate surface area is 101 Å². The highest BCUT2D eigenvalue weighted by molar-refractivity contribution is 7.09. The van der Waals surface area contributed by atoms with Crippen LogP contribution in [-0.4, -0.2) is 24.7 Å². The number of nitrogens with zero attached hydrogens (tertiary/aromatic N) is 5. The van der Waals surface area contributed by atoms with Crippen LogP contribution in [0.15, 0.2) is 28.9 Å². The van der Waals surface area contributed by atoms with Gasteiger partial charge < -0.3 is 4.52 Å². The van der Waals surface area contributed by atoms with E-state index in [2.05, 4.69) is 24.7 Å². The van der Waals surface area contributed by atoms with Gasteiger partial charge in [-0.3, -0.25) is 4.98 Å². The summed E-state index contributed by atoms with van der Waals surface area (Å²) in [6, 6.07) is 5.53. The summed E-state index contributed by atoms with van der Waals surface area (Å²) in [6.45, 7) is 1.85. The maximum absolute atomic E-state index is 5.17. The quantitative estimate of drug-likeness (QED) is 0.686. The van der Waals surface area contributed by atoms with E-state index in [0.29, 0.717) is 17.4 Å². The van der Waals surface area contributed by atoms with Crippen LogP contribution in [0.3, 0.4) is 0 Å². The topological polar surface area (TPSA) is 77.6 Å². The fraction of sp³-hybridized carbons (Fsp3) is 0.100. The minimum atomic E-state index is 0.429. The summed E-state index contributed by atoms with van der Waals surface area (Å²) >= 11 is 1.23. The van der Waals surface area contributed by atoms with Crippen molar-refractivity contribution in [3.8, 4) is 22.3 Å². The molecule has 17 heavy (non-hydrogen) atoms. The van der Waals surface area contributed by atoms with E-state index in [1.807, 2.05) is 25.1 Å². The summed E-state index contributed by atoms with van der Waals surface area (Å²) in [7, 11) is 0. The highest BCUT2D eigenvalue weighted by atomic mass is 32.1. The molecule has 0 aliphatic heterocycles. The molecular formula is C10H7N5OS. The summed E-state index contributed by atoms with van der Waals surface area (Å²) < 4.78 is 9.00. The van der Waals surface area contributed by atoms with Gasteiger partial charge in [-0.25, -0.2) is 0 Å². The lowest BCUT2D eigenvalue weighted by atomic mass is 10.3. The van der Waals surface area contributed by atoms with Crippen LogP contribution in [0, 0.1) is 6.92 Å². The first-order valence-corrected chi connectivity index (χ1v) is 5.66. The zero-order valence-electron chi connectivity index (χ0n) is 8.86. The Balaban J connectivity index is 2.02. The second-order valence-corrected chi connectivity index (χ2v) is 4.08. The van der Waals surface area contributed by atoms with E-state index in [1.165, 1.54) is 11.5 Å². The molecule has 0 aromatic carbocycles. The normalized spacial score (nSPS) is 10.6. The summed E-state index contributed by atoms with van der Waals surface area (Å²) in [5, 5.41) is 7.79. The van der Waals surface area contributed by atoms with Crippen molar-refractivity contribution < 1.29 is 4.52 Å². The molecule has 0 aliphatic carbocycles. The van der Waals surface area contributed by atoms with Crippen molar-refractivity contribution in [3.63, 3.8) is 0 Å². The van der Waals surface area contributed by atoms with Crippen LogP contribution in [0.1, 0.15) is 5.69 Å². The molecule has 3 rings (SSSR count). The average molecular weight is 245 g/mol. The molecule has 6 nitrogen and oxygen atoms in total. The molecule has 0 saturated carbocycles. The van der Waals surface area contributed by atoms with Crippen molar-refractivity contribution in [2.45, 2.75) is 6.92 Å². The first-order valence-electron chi connectivity index (χ1n) is 4.89. The Hall–Kier alpha value is -2.15. The highest BCUT2D eigenvalue weighted by Crippen LogP contribution is 2.25. The van der Waals surface area contributed by atoms with E-state index in [4.69, 9.17) is 4.52 Å². The van der Waals surface area contributed by atoms with Crippen LogP contribution in [0.5, 0.6) is 0 Å². The van der Waals surface area contributed by atoms with E-state index in [1.54, 1.807) is 6.20 Å². The molecule has 0 spiro atoms. The van der Waals surface area contributed by atoms with Crippen LogP contribution in [0.25, 0.3) is 22.3 Å². The van der Waals surface area contributed by atoms with Crippen LogP contribution in [-0.2, 0) is 0 Å². The number of pyridine rings is 1. The van der Waals surface area contributed by atoms with Gasteiger partial charge in [0.1, 0.15) is 10.6 Å². The lowest BCUT2D eigenvalue weighted by Gasteiger charge is -1.89. The molecule has 0 N–H and O–H groups in total. The zero-order chi connectivity index (χ0) is 11.7. The minimum absolute atomic E-state index is 0.429. The molecule has 84 valence electrons. The van der Waals surface area contributed by atoms with E-state index >= 15 is 0 Å². The van der Waals surface area contributed by atoms with Crippen LogP contribution < -0.4 is 0 Å². The van der Waals surface area contributed by atoms with Gasteiger partial charge in [0, 0.05) is 6.20 Å². The third kappa shape index (κ3) is 1.80. The largest absolute Gasteiger partial charge is 0.333 e. The van der Waals surface area contributed by atoms with Crippen molar-refractivity contribution >= 4 is 11.5 Å². The molecule has 0 aliphatic rings. The molecular weight excluding hydrogens is 238 g/mol. The summed E-state index contributed by atoms with van der Waals surface area (Å²) in [5.74, 6) is 0.895. The fourth-order valence-corrected chi connectivity index (χ4v) is 1.92. The average Bonchev–Trinajstić information content (AvgIpc) is 2.98. The van der Waals surface area contributed by atoms with Gasteiger partial charge in [-0.05, 0) is 30.6 Å². The predicted octanol–water partition coefficient (Wildman–Crippen LogP) is 1.96. The van der Waals surface area contributed by atoms with E-state index in [9.17, 15) is 0 Å². The molecule has 0 unspecified atom stereocenters.